The molecule has 1 heterocycles. The summed E-state index contributed by atoms with van der Waals surface area (Å²) in [5, 5.41) is 0. The van der Waals surface area contributed by atoms with Crippen molar-refractivity contribution in [3.63, 3.8) is 0 Å². The van der Waals surface area contributed by atoms with E-state index in [4.69, 9.17) is 4.74 Å². The van der Waals surface area contributed by atoms with Crippen molar-refractivity contribution in [2.24, 2.45) is 0 Å². The zero-order valence-corrected chi connectivity index (χ0v) is 11.8. The molecule has 1 atom stereocenters. The van der Waals surface area contributed by atoms with E-state index in [1.54, 1.807) is 6.92 Å². The van der Waals surface area contributed by atoms with Crippen molar-refractivity contribution in [3.05, 3.63) is 35.6 Å². The summed E-state index contributed by atoms with van der Waals surface area (Å²) in [7, 11) is 0. The van der Waals surface area contributed by atoms with E-state index in [9.17, 15) is 18.4 Å². The minimum Gasteiger partial charge on any atom is -0.464 e. The Morgan fingerprint density at radius 3 is 2.62 bits per heavy atom. The van der Waals surface area contributed by atoms with Gasteiger partial charge in [-0.3, -0.25) is 4.79 Å². The molecule has 1 aliphatic rings. The molecular weight excluding hydrogens is 280 g/mol. The van der Waals surface area contributed by atoms with Crippen molar-refractivity contribution in [2.75, 3.05) is 19.7 Å². The summed E-state index contributed by atoms with van der Waals surface area (Å²) < 4.78 is 32.2. The fourth-order valence-electron chi connectivity index (χ4n) is 2.39. The number of esters is 1. The Kier molecular flexibility index (Phi) is 4.55. The quantitative estimate of drug-likeness (QED) is 0.805. The number of hydrogen-bond acceptors (Lipinski definition) is 3. The van der Waals surface area contributed by atoms with Gasteiger partial charge in [0.05, 0.1) is 13.2 Å². The molecule has 6 heteroatoms. The second kappa shape index (κ2) is 6.20. The van der Waals surface area contributed by atoms with Gasteiger partial charge in [0.15, 0.2) is 0 Å². The van der Waals surface area contributed by atoms with Gasteiger partial charge in [-0.15, -0.1) is 0 Å². The van der Waals surface area contributed by atoms with Crippen molar-refractivity contribution in [1.29, 1.82) is 0 Å². The standard InChI is InChI=1S/C15H17F2NO3/c1-2-21-14(20)15(17)8-3-9-18(10-15)13(19)11-4-6-12(16)7-5-11/h4-7H,2-3,8-10H2,1H3. The fraction of sp³-hybridized carbons (Fsp3) is 0.467. The Hall–Kier alpha value is -1.98. The van der Waals surface area contributed by atoms with Crippen molar-refractivity contribution in [1.82, 2.24) is 4.90 Å². The van der Waals surface area contributed by atoms with Gasteiger partial charge in [-0.25, -0.2) is 13.6 Å². The molecule has 0 N–H and O–H groups in total. The predicted octanol–water partition coefficient (Wildman–Crippen LogP) is 2.33. The number of likely N-dealkylation sites (tertiary alicyclic amines) is 1. The van der Waals surface area contributed by atoms with Crippen molar-refractivity contribution in [3.8, 4) is 0 Å². The molecule has 1 aromatic rings. The summed E-state index contributed by atoms with van der Waals surface area (Å²) in [6, 6.07) is 5.03. The number of ether oxygens (including phenoxy) is 1. The monoisotopic (exact) mass is 297 g/mol. The summed E-state index contributed by atoms with van der Waals surface area (Å²) in [6.45, 7) is 1.73. The van der Waals surface area contributed by atoms with Crippen LogP contribution in [0.5, 0.6) is 0 Å². The maximum absolute atomic E-state index is 14.6. The average Bonchev–Trinajstić information content (AvgIpc) is 2.47. The molecule has 1 saturated heterocycles. The van der Waals surface area contributed by atoms with Gasteiger partial charge in [0.1, 0.15) is 5.82 Å². The minimum absolute atomic E-state index is 0.0407. The molecule has 0 saturated carbocycles. The number of carbonyl (C=O) groups is 2. The highest BCUT2D eigenvalue weighted by atomic mass is 19.1. The Bertz CT molecular complexity index is 532. The number of benzene rings is 1. The average molecular weight is 297 g/mol. The lowest BCUT2D eigenvalue weighted by atomic mass is 9.94. The summed E-state index contributed by atoms with van der Waals surface area (Å²) in [5.74, 6) is -1.79. The van der Waals surface area contributed by atoms with Crippen LogP contribution in [0.15, 0.2) is 24.3 Å². The lowest BCUT2D eigenvalue weighted by Crippen LogP contribution is -2.52. The molecule has 0 bridgehead atoms. The zero-order valence-electron chi connectivity index (χ0n) is 11.8. The van der Waals surface area contributed by atoms with Crippen molar-refractivity contribution < 1.29 is 23.1 Å². The number of alkyl halides is 1. The molecule has 0 aliphatic carbocycles. The number of rotatable bonds is 3. The summed E-state index contributed by atoms with van der Waals surface area (Å²) >= 11 is 0. The van der Waals surface area contributed by atoms with Gasteiger partial charge in [0, 0.05) is 12.1 Å². The van der Waals surface area contributed by atoms with Gasteiger partial charge in [-0.1, -0.05) is 0 Å². The van der Waals surface area contributed by atoms with Gasteiger partial charge in [-0.05, 0) is 44.0 Å². The number of hydrogen-bond donors (Lipinski definition) is 0. The van der Waals surface area contributed by atoms with Crippen LogP contribution in [-0.4, -0.2) is 42.1 Å². The molecule has 21 heavy (non-hydrogen) atoms. The molecule has 1 amide bonds. The van der Waals surface area contributed by atoms with E-state index in [-0.39, 0.29) is 25.1 Å². The third-order valence-corrected chi connectivity index (χ3v) is 3.46. The highest BCUT2D eigenvalue weighted by Crippen LogP contribution is 2.28. The van der Waals surface area contributed by atoms with E-state index in [1.807, 2.05) is 0 Å². The van der Waals surface area contributed by atoms with Gasteiger partial charge in [0.25, 0.3) is 5.91 Å². The van der Waals surface area contributed by atoms with Crippen LogP contribution >= 0.6 is 0 Å². The summed E-state index contributed by atoms with van der Waals surface area (Å²) in [4.78, 5) is 25.2. The fourth-order valence-corrected chi connectivity index (χ4v) is 2.39. The Labute approximate surface area is 121 Å². The normalized spacial score (nSPS) is 22.0. The largest absolute Gasteiger partial charge is 0.464 e. The number of carbonyl (C=O) groups excluding carboxylic acids is 2. The summed E-state index contributed by atoms with van der Waals surface area (Å²) in [6.07, 6.45) is 0.418. The molecule has 4 nitrogen and oxygen atoms in total. The van der Waals surface area contributed by atoms with Crippen LogP contribution in [-0.2, 0) is 9.53 Å². The Balaban J connectivity index is 2.11. The van der Waals surface area contributed by atoms with Crippen LogP contribution in [0, 0.1) is 5.82 Å². The van der Waals surface area contributed by atoms with Crippen molar-refractivity contribution in [2.45, 2.75) is 25.4 Å². The molecule has 0 radical (unpaired) electrons. The second-order valence-corrected chi connectivity index (χ2v) is 5.02. The van der Waals surface area contributed by atoms with Crippen LogP contribution < -0.4 is 0 Å². The van der Waals surface area contributed by atoms with E-state index in [0.29, 0.717) is 13.0 Å². The molecule has 1 aliphatic heterocycles. The highest BCUT2D eigenvalue weighted by Gasteiger charge is 2.45. The molecule has 1 aromatic carbocycles. The minimum atomic E-state index is -2.16. The second-order valence-electron chi connectivity index (χ2n) is 5.02. The van der Waals surface area contributed by atoms with E-state index in [2.05, 4.69) is 0 Å². The van der Waals surface area contributed by atoms with Gasteiger partial charge < -0.3 is 9.64 Å². The van der Waals surface area contributed by atoms with Gasteiger partial charge in [-0.2, -0.15) is 0 Å². The number of amides is 1. The zero-order chi connectivity index (χ0) is 15.5. The van der Waals surface area contributed by atoms with Crippen LogP contribution in [0.25, 0.3) is 0 Å². The first kappa shape index (κ1) is 15.4. The first-order valence-electron chi connectivity index (χ1n) is 6.87. The van der Waals surface area contributed by atoms with E-state index >= 15 is 0 Å². The van der Waals surface area contributed by atoms with Crippen LogP contribution in [0.2, 0.25) is 0 Å². The van der Waals surface area contributed by atoms with Crippen LogP contribution in [0.3, 0.4) is 0 Å². The lowest BCUT2D eigenvalue weighted by Gasteiger charge is -2.35. The van der Waals surface area contributed by atoms with Gasteiger partial charge >= 0.3 is 5.97 Å². The number of halogens is 2. The SMILES string of the molecule is CCOC(=O)C1(F)CCCN(C(=O)c2ccc(F)cc2)C1. The third kappa shape index (κ3) is 3.37. The van der Waals surface area contributed by atoms with Crippen molar-refractivity contribution >= 4 is 11.9 Å². The summed E-state index contributed by atoms with van der Waals surface area (Å²) in [5.41, 5.74) is -1.89. The van der Waals surface area contributed by atoms with E-state index in [0.717, 1.165) is 0 Å². The maximum atomic E-state index is 14.6. The number of piperidine rings is 1. The third-order valence-electron chi connectivity index (χ3n) is 3.46. The Morgan fingerprint density at radius 1 is 1.33 bits per heavy atom. The van der Waals surface area contributed by atoms with E-state index in [1.165, 1.54) is 29.2 Å². The molecule has 1 unspecified atom stereocenters. The first-order chi connectivity index (χ1) is 9.96. The maximum Gasteiger partial charge on any atom is 0.345 e. The topological polar surface area (TPSA) is 46.6 Å². The highest BCUT2D eigenvalue weighted by molar-refractivity contribution is 5.95. The molecule has 1 fully saturated rings. The molecule has 0 aromatic heterocycles. The number of nitrogens with zero attached hydrogens (tertiary/aromatic N) is 1. The van der Waals surface area contributed by atoms with E-state index < -0.39 is 23.4 Å². The molecule has 0 spiro atoms. The first-order valence-corrected chi connectivity index (χ1v) is 6.87. The molecule has 2 rings (SSSR count). The lowest BCUT2D eigenvalue weighted by molar-refractivity contribution is -0.160. The molecular formula is C15H17F2NO3. The van der Waals surface area contributed by atoms with Crippen LogP contribution in [0.1, 0.15) is 30.1 Å². The molecule has 114 valence electrons. The smallest absolute Gasteiger partial charge is 0.345 e. The Morgan fingerprint density at radius 2 is 2.00 bits per heavy atom. The van der Waals surface area contributed by atoms with Gasteiger partial charge in [0.2, 0.25) is 5.67 Å². The predicted molar refractivity (Wildman–Crippen MR) is 72.0 cm³/mol. The van der Waals surface area contributed by atoms with Crippen LogP contribution in [0.4, 0.5) is 8.78 Å².